The van der Waals surface area contributed by atoms with E-state index >= 15 is 0 Å². The van der Waals surface area contributed by atoms with Crippen molar-refractivity contribution in [2.45, 2.75) is 0 Å². The summed E-state index contributed by atoms with van der Waals surface area (Å²) in [6.07, 6.45) is 0. The summed E-state index contributed by atoms with van der Waals surface area (Å²) >= 11 is 5.91. The van der Waals surface area contributed by atoms with Gasteiger partial charge in [0, 0.05) is 12.1 Å². The Hall–Kier alpha value is -3.26. The number of benzene rings is 2. The number of amides is 2. The molecule has 0 aliphatic rings. The standard InChI is InChI=1S/C19H19ClN2O6/c1-22(10-17(24)21-15-9-13(20)6-7-16(15)27-2)18(25)11-28-19(26)12-4-3-5-14(23)8-12/h3-9,23H,10-11H2,1-2H3,(H,21,24). The fourth-order valence-electron chi connectivity index (χ4n) is 2.22. The van der Waals surface area contributed by atoms with E-state index in [1.165, 1.54) is 44.5 Å². The Bertz CT molecular complexity index is 886. The first kappa shape index (κ1) is 21.0. The van der Waals surface area contributed by atoms with Gasteiger partial charge in [0.2, 0.25) is 5.91 Å². The molecule has 0 unspecified atom stereocenters. The highest BCUT2D eigenvalue weighted by atomic mass is 35.5. The number of rotatable bonds is 7. The van der Waals surface area contributed by atoms with Crippen molar-refractivity contribution in [2.75, 3.05) is 32.6 Å². The van der Waals surface area contributed by atoms with Gasteiger partial charge in [-0.3, -0.25) is 9.59 Å². The van der Waals surface area contributed by atoms with Crippen molar-refractivity contribution in [1.82, 2.24) is 4.90 Å². The molecule has 0 saturated heterocycles. The van der Waals surface area contributed by atoms with Crippen LogP contribution < -0.4 is 10.1 Å². The molecule has 0 fully saturated rings. The van der Waals surface area contributed by atoms with Crippen molar-refractivity contribution in [1.29, 1.82) is 0 Å². The molecule has 0 saturated carbocycles. The summed E-state index contributed by atoms with van der Waals surface area (Å²) in [5.74, 6) is -1.47. The number of likely N-dealkylation sites (N-methyl/N-ethyl adjacent to an activating group) is 1. The van der Waals surface area contributed by atoms with Gasteiger partial charge in [-0.2, -0.15) is 0 Å². The molecule has 2 amide bonds. The molecule has 28 heavy (non-hydrogen) atoms. The van der Waals surface area contributed by atoms with Gasteiger partial charge in [0.1, 0.15) is 11.5 Å². The van der Waals surface area contributed by atoms with Gasteiger partial charge >= 0.3 is 5.97 Å². The van der Waals surface area contributed by atoms with E-state index < -0.39 is 24.4 Å². The van der Waals surface area contributed by atoms with Crippen LogP contribution in [0.3, 0.4) is 0 Å². The number of nitrogens with one attached hydrogen (secondary N) is 1. The molecular formula is C19H19ClN2O6. The van der Waals surface area contributed by atoms with Crippen molar-refractivity contribution >= 4 is 35.1 Å². The molecule has 0 bridgehead atoms. The van der Waals surface area contributed by atoms with Gasteiger partial charge in [-0.1, -0.05) is 17.7 Å². The third-order valence-corrected chi connectivity index (χ3v) is 3.89. The minimum absolute atomic E-state index is 0.0917. The summed E-state index contributed by atoms with van der Waals surface area (Å²) < 4.78 is 10.0. The molecule has 0 heterocycles. The Morgan fingerprint density at radius 2 is 1.93 bits per heavy atom. The highest BCUT2D eigenvalue weighted by molar-refractivity contribution is 6.31. The second-order valence-corrected chi connectivity index (χ2v) is 6.21. The topological polar surface area (TPSA) is 105 Å². The van der Waals surface area contributed by atoms with Crippen LogP contribution in [0.15, 0.2) is 42.5 Å². The summed E-state index contributed by atoms with van der Waals surface area (Å²) in [6.45, 7) is -0.809. The molecule has 0 aromatic heterocycles. The summed E-state index contributed by atoms with van der Waals surface area (Å²) in [5, 5.41) is 12.4. The fraction of sp³-hybridized carbons (Fsp3) is 0.211. The lowest BCUT2D eigenvalue weighted by molar-refractivity contribution is -0.136. The summed E-state index contributed by atoms with van der Waals surface area (Å²) in [4.78, 5) is 37.2. The Kier molecular flexibility index (Phi) is 7.22. The van der Waals surface area contributed by atoms with E-state index in [-0.39, 0.29) is 17.9 Å². The maximum absolute atomic E-state index is 12.2. The molecule has 148 valence electrons. The van der Waals surface area contributed by atoms with Crippen LogP contribution in [0.2, 0.25) is 5.02 Å². The number of hydrogen-bond acceptors (Lipinski definition) is 6. The summed E-state index contributed by atoms with van der Waals surface area (Å²) in [5.41, 5.74) is 0.484. The van der Waals surface area contributed by atoms with Gasteiger partial charge in [-0.05, 0) is 36.4 Å². The zero-order chi connectivity index (χ0) is 20.7. The number of carbonyl (C=O) groups is 3. The molecular weight excluding hydrogens is 388 g/mol. The average molecular weight is 407 g/mol. The molecule has 0 aliphatic heterocycles. The first-order valence-electron chi connectivity index (χ1n) is 8.13. The molecule has 8 nitrogen and oxygen atoms in total. The largest absolute Gasteiger partial charge is 0.508 e. The van der Waals surface area contributed by atoms with Crippen LogP contribution in [-0.2, 0) is 14.3 Å². The molecule has 0 spiro atoms. The van der Waals surface area contributed by atoms with Crippen LogP contribution >= 0.6 is 11.6 Å². The van der Waals surface area contributed by atoms with Gasteiger partial charge in [-0.15, -0.1) is 0 Å². The van der Waals surface area contributed by atoms with Crippen LogP contribution in [0.1, 0.15) is 10.4 Å². The summed E-state index contributed by atoms with van der Waals surface area (Å²) in [7, 11) is 2.86. The monoisotopic (exact) mass is 406 g/mol. The molecule has 2 N–H and O–H groups in total. The van der Waals surface area contributed by atoms with Crippen LogP contribution in [0.4, 0.5) is 5.69 Å². The van der Waals surface area contributed by atoms with Gasteiger partial charge < -0.3 is 24.8 Å². The van der Waals surface area contributed by atoms with Gasteiger partial charge in [0.15, 0.2) is 6.61 Å². The number of hydrogen-bond donors (Lipinski definition) is 2. The number of carbonyl (C=O) groups excluding carboxylic acids is 3. The van der Waals surface area contributed by atoms with Crippen molar-refractivity contribution < 1.29 is 29.0 Å². The molecule has 0 aliphatic carbocycles. The maximum atomic E-state index is 12.2. The van der Waals surface area contributed by atoms with Gasteiger partial charge in [0.05, 0.1) is 24.9 Å². The molecule has 0 radical (unpaired) electrons. The van der Waals surface area contributed by atoms with E-state index in [4.69, 9.17) is 21.1 Å². The van der Waals surface area contributed by atoms with Gasteiger partial charge in [0.25, 0.3) is 5.91 Å². The van der Waals surface area contributed by atoms with Crippen molar-refractivity contribution in [3.05, 3.63) is 53.1 Å². The van der Waals surface area contributed by atoms with Crippen LogP contribution in [0.25, 0.3) is 0 Å². The lowest BCUT2D eigenvalue weighted by Crippen LogP contribution is -2.37. The molecule has 0 atom stereocenters. The van der Waals surface area contributed by atoms with Crippen LogP contribution in [-0.4, -0.2) is 55.1 Å². The lowest BCUT2D eigenvalue weighted by atomic mass is 10.2. The number of esters is 1. The second-order valence-electron chi connectivity index (χ2n) is 5.77. The van der Waals surface area contributed by atoms with Crippen molar-refractivity contribution in [3.63, 3.8) is 0 Å². The number of phenolic OH excluding ortho intramolecular Hbond substituents is 1. The van der Waals surface area contributed by atoms with E-state index in [2.05, 4.69) is 5.32 Å². The van der Waals surface area contributed by atoms with E-state index in [9.17, 15) is 19.5 Å². The number of methoxy groups -OCH3 is 1. The number of aromatic hydroxyl groups is 1. The fourth-order valence-corrected chi connectivity index (χ4v) is 2.40. The van der Waals surface area contributed by atoms with Crippen molar-refractivity contribution in [3.8, 4) is 11.5 Å². The van der Waals surface area contributed by atoms with Crippen molar-refractivity contribution in [2.24, 2.45) is 0 Å². The number of ether oxygens (including phenoxy) is 2. The Morgan fingerprint density at radius 1 is 1.18 bits per heavy atom. The first-order valence-corrected chi connectivity index (χ1v) is 8.51. The zero-order valence-electron chi connectivity index (χ0n) is 15.3. The SMILES string of the molecule is COc1ccc(Cl)cc1NC(=O)CN(C)C(=O)COC(=O)c1cccc(O)c1. The zero-order valence-corrected chi connectivity index (χ0v) is 16.0. The van der Waals surface area contributed by atoms with Gasteiger partial charge in [-0.25, -0.2) is 4.79 Å². The molecule has 9 heteroatoms. The minimum atomic E-state index is -0.759. The predicted octanol–water partition coefficient (Wildman–Crippen LogP) is 2.31. The summed E-state index contributed by atoms with van der Waals surface area (Å²) in [6, 6.07) is 10.3. The number of nitrogens with zero attached hydrogens (tertiary/aromatic N) is 1. The number of halogens is 1. The Labute approximate surface area is 166 Å². The normalized spacial score (nSPS) is 10.1. The quantitative estimate of drug-likeness (QED) is 0.683. The highest BCUT2D eigenvalue weighted by Gasteiger charge is 2.17. The molecule has 2 aromatic carbocycles. The van der Waals surface area contributed by atoms with E-state index in [0.29, 0.717) is 16.5 Å². The van der Waals surface area contributed by atoms with E-state index in [0.717, 1.165) is 4.90 Å². The average Bonchev–Trinajstić information content (AvgIpc) is 2.65. The maximum Gasteiger partial charge on any atom is 0.338 e. The minimum Gasteiger partial charge on any atom is -0.508 e. The molecule has 2 aromatic rings. The van der Waals surface area contributed by atoms with E-state index in [1.807, 2.05) is 0 Å². The highest BCUT2D eigenvalue weighted by Crippen LogP contribution is 2.27. The second kappa shape index (κ2) is 9.61. The number of anilines is 1. The first-order chi connectivity index (χ1) is 13.3. The molecule has 2 rings (SSSR count). The number of phenols is 1. The smallest absolute Gasteiger partial charge is 0.338 e. The van der Waals surface area contributed by atoms with Crippen LogP contribution in [0.5, 0.6) is 11.5 Å². The lowest BCUT2D eigenvalue weighted by Gasteiger charge is -2.17. The third-order valence-electron chi connectivity index (χ3n) is 3.65. The van der Waals surface area contributed by atoms with Crippen LogP contribution in [0, 0.1) is 0 Å². The Balaban J connectivity index is 1.87. The van der Waals surface area contributed by atoms with E-state index in [1.54, 1.807) is 12.1 Å². The predicted molar refractivity (Wildman–Crippen MR) is 103 cm³/mol. The Morgan fingerprint density at radius 3 is 2.61 bits per heavy atom. The third kappa shape index (κ3) is 5.88.